The predicted molar refractivity (Wildman–Crippen MR) is 135 cm³/mol. The first-order chi connectivity index (χ1) is 16.7. The van der Waals surface area contributed by atoms with Gasteiger partial charge in [0.25, 0.3) is 0 Å². The molecule has 0 saturated heterocycles. The fraction of sp³-hybridized carbons (Fsp3) is 0.103. The number of hydrogen-bond acceptors (Lipinski definition) is 5. The standard InChI is InChI=1S/C29H25N3O2/c1-20-15-17-30-26(18-20)32-27(25-14-11-22-8-5-16-31-28(22)29(25)33)23-9-12-24(13-10-23)34-19-21-6-3-2-4-7-21/h2-18,27,33H,19H2,1H3,(H,30,32). The Morgan fingerprint density at radius 3 is 2.47 bits per heavy atom. The number of benzene rings is 3. The Morgan fingerprint density at radius 2 is 1.68 bits per heavy atom. The summed E-state index contributed by atoms with van der Waals surface area (Å²) in [5, 5.41) is 15.5. The summed E-state index contributed by atoms with van der Waals surface area (Å²) in [5.74, 6) is 1.67. The number of rotatable bonds is 7. The summed E-state index contributed by atoms with van der Waals surface area (Å²) in [7, 11) is 0. The highest BCUT2D eigenvalue weighted by molar-refractivity contribution is 5.86. The summed E-state index contributed by atoms with van der Waals surface area (Å²) in [6.07, 6.45) is 3.46. The zero-order valence-corrected chi connectivity index (χ0v) is 18.8. The number of aromatic nitrogens is 2. The molecule has 0 aliphatic rings. The number of nitrogens with one attached hydrogen (secondary N) is 1. The van der Waals surface area contributed by atoms with Crippen LogP contribution in [0.1, 0.15) is 28.3 Å². The smallest absolute Gasteiger partial charge is 0.147 e. The monoisotopic (exact) mass is 447 g/mol. The average Bonchev–Trinajstić information content (AvgIpc) is 2.88. The second kappa shape index (κ2) is 9.63. The maximum atomic E-state index is 11.1. The molecule has 0 aliphatic heterocycles. The number of hydrogen-bond donors (Lipinski definition) is 2. The molecule has 5 nitrogen and oxygen atoms in total. The number of anilines is 1. The van der Waals surface area contributed by atoms with Crippen LogP contribution in [0.2, 0.25) is 0 Å². The average molecular weight is 448 g/mol. The van der Waals surface area contributed by atoms with Crippen molar-refractivity contribution in [3.8, 4) is 11.5 Å². The van der Waals surface area contributed by atoms with Crippen LogP contribution in [0, 0.1) is 6.92 Å². The number of ether oxygens (including phenoxy) is 1. The van der Waals surface area contributed by atoms with Crippen LogP contribution >= 0.6 is 0 Å². The van der Waals surface area contributed by atoms with Crippen LogP contribution in [0.5, 0.6) is 11.5 Å². The van der Waals surface area contributed by atoms with Gasteiger partial charge in [-0.25, -0.2) is 4.98 Å². The zero-order valence-electron chi connectivity index (χ0n) is 18.8. The summed E-state index contributed by atoms with van der Waals surface area (Å²) >= 11 is 0. The molecule has 0 amide bonds. The first kappa shape index (κ1) is 21.5. The van der Waals surface area contributed by atoms with Crippen molar-refractivity contribution in [2.45, 2.75) is 19.6 Å². The van der Waals surface area contributed by atoms with Gasteiger partial charge in [-0.05, 0) is 53.9 Å². The summed E-state index contributed by atoms with van der Waals surface area (Å²) in [6.45, 7) is 2.53. The minimum Gasteiger partial charge on any atom is -0.505 e. The van der Waals surface area contributed by atoms with Crippen molar-refractivity contribution in [1.29, 1.82) is 0 Å². The highest BCUT2D eigenvalue weighted by atomic mass is 16.5. The molecule has 0 bridgehead atoms. The van der Waals surface area contributed by atoms with Crippen LogP contribution in [-0.4, -0.2) is 15.1 Å². The molecule has 0 aliphatic carbocycles. The summed E-state index contributed by atoms with van der Waals surface area (Å²) in [4.78, 5) is 8.86. The Hall–Kier alpha value is -4.38. The molecule has 1 atom stereocenters. The van der Waals surface area contributed by atoms with Gasteiger partial charge < -0.3 is 15.2 Å². The maximum absolute atomic E-state index is 11.1. The van der Waals surface area contributed by atoms with E-state index in [1.54, 1.807) is 12.4 Å². The molecule has 0 saturated carbocycles. The normalized spacial score (nSPS) is 11.8. The van der Waals surface area contributed by atoms with E-state index in [4.69, 9.17) is 4.74 Å². The van der Waals surface area contributed by atoms with Gasteiger partial charge in [0.2, 0.25) is 0 Å². The number of pyridine rings is 2. The maximum Gasteiger partial charge on any atom is 0.147 e. The first-order valence-corrected chi connectivity index (χ1v) is 11.2. The molecule has 2 aromatic heterocycles. The van der Waals surface area contributed by atoms with E-state index < -0.39 is 0 Å². The van der Waals surface area contributed by atoms with Crippen molar-refractivity contribution in [3.63, 3.8) is 0 Å². The van der Waals surface area contributed by atoms with Gasteiger partial charge in [-0.3, -0.25) is 4.98 Å². The second-order valence-electron chi connectivity index (χ2n) is 8.22. The van der Waals surface area contributed by atoms with E-state index in [0.29, 0.717) is 12.1 Å². The number of aromatic hydroxyl groups is 1. The zero-order chi connectivity index (χ0) is 23.3. The molecule has 2 heterocycles. The van der Waals surface area contributed by atoms with Gasteiger partial charge in [-0.1, -0.05) is 60.7 Å². The summed E-state index contributed by atoms with van der Waals surface area (Å²) in [5.41, 5.74) is 4.50. The topological polar surface area (TPSA) is 67.3 Å². The third-order valence-electron chi connectivity index (χ3n) is 5.76. The fourth-order valence-electron chi connectivity index (χ4n) is 3.98. The number of phenolic OH excluding ortho intramolecular Hbond substituents is 1. The molecular weight excluding hydrogens is 422 g/mol. The van der Waals surface area contributed by atoms with E-state index in [-0.39, 0.29) is 11.8 Å². The van der Waals surface area contributed by atoms with Gasteiger partial charge in [-0.2, -0.15) is 0 Å². The van der Waals surface area contributed by atoms with Crippen LogP contribution < -0.4 is 10.1 Å². The molecule has 0 radical (unpaired) electrons. The predicted octanol–water partition coefficient (Wildman–Crippen LogP) is 6.42. The molecule has 0 spiro atoms. The van der Waals surface area contributed by atoms with Crippen LogP contribution in [0.15, 0.2) is 103 Å². The third-order valence-corrected chi connectivity index (χ3v) is 5.76. The molecule has 34 heavy (non-hydrogen) atoms. The quantitative estimate of drug-likeness (QED) is 0.301. The van der Waals surface area contributed by atoms with E-state index in [0.717, 1.165) is 39.2 Å². The van der Waals surface area contributed by atoms with Gasteiger partial charge in [0.1, 0.15) is 29.4 Å². The largest absolute Gasteiger partial charge is 0.505 e. The van der Waals surface area contributed by atoms with Gasteiger partial charge in [0.05, 0.1) is 6.04 Å². The Balaban J connectivity index is 1.48. The Morgan fingerprint density at radius 1 is 0.853 bits per heavy atom. The lowest BCUT2D eigenvalue weighted by atomic mass is 9.96. The molecule has 5 heteroatoms. The van der Waals surface area contributed by atoms with Crippen molar-refractivity contribution < 1.29 is 9.84 Å². The molecule has 0 fully saturated rings. The van der Waals surface area contributed by atoms with Crippen LogP contribution in [0.25, 0.3) is 10.9 Å². The SMILES string of the molecule is Cc1ccnc(NC(c2ccc(OCc3ccccc3)cc2)c2ccc3cccnc3c2O)c1. The summed E-state index contributed by atoms with van der Waals surface area (Å²) < 4.78 is 5.96. The number of fused-ring (bicyclic) bond motifs is 1. The minimum absolute atomic E-state index is 0.160. The van der Waals surface area contributed by atoms with E-state index in [2.05, 4.69) is 15.3 Å². The Kier molecular flexibility index (Phi) is 6.08. The lowest BCUT2D eigenvalue weighted by Gasteiger charge is -2.22. The molecular formula is C29H25N3O2. The van der Waals surface area contributed by atoms with Crippen LogP contribution in [0.4, 0.5) is 5.82 Å². The molecule has 3 aromatic carbocycles. The van der Waals surface area contributed by atoms with E-state index in [1.807, 2.05) is 97.9 Å². The van der Waals surface area contributed by atoms with Gasteiger partial charge in [0, 0.05) is 23.3 Å². The highest BCUT2D eigenvalue weighted by Gasteiger charge is 2.20. The van der Waals surface area contributed by atoms with Crippen LogP contribution in [0.3, 0.4) is 0 Å². The van der Waals surface area contributed by atoms with Gasteiger partial charge >= 0.3 is 0 Å². The number of aryl methyl sites for hydroxylation is 1. The van der Waals surface area contributed by atoms with E-state index >= 15 is 0 Å². The van der Waals surface area contributed by atoms with Gasteiger partial charge in [-0.15, -0.1) is 0 Å². The van der Waals surface area contributed by atoms with E-state index in [1.165, 1.54) is 0 Å². The fourth-order valence-corrected chi connectivity index (χ4v) is 3.98. The van der Waals surface area contributed by atoms with Crippen molar-refractivity contribution in [3.05, 3.63) is 126 Å². The molecule has 5 aromatic rings. The second-order valence-corrected chi connectivity index (χ2v) is 8.22. The van der Waals surface area contributed by atoms with E-state index in [9.17, 15) is 5.11 Å². The number of phenols is 1. The van der Waals surface area contributed by atoms with Gasteiger partial charge in [0.15, 0.2) is 0 Å². The minimum atomic E-state index is -0.330. The molecule has 5 rings (SSSR count). The molecule has 1 unspecified atom stereocenters. The Labute approximate surface area is 198 Å². The molecule has 2 N–H and O–H groups in total. The lowest BCUT2D eigenvalue weighted by Crippen LogP contribution is -2.14. The lowest BCUT2D eigenvalue weighted by molar-refractivity contribution is 0.306. The van der Waals surface area contributed by atoms with Crippen molar-refractivity contribution in [2.75, 3.05) is 5.32 Å². The Bertz CT molecular complexity index is 1400. The van der Waals surface area contributed by atoms with Crippen molar-refractivity contribution in [2.24, 2.45) is 0 Å². The first-order valence-electron chi connectivity index (χ1n) is 11.2. The summed E-state index contributed by atoms with van der Waals surface area (Å²) in [6, 6.07) is 29.3. The highest BCUT2D eigenvalue weighted by Crippen LogP contribution is 2.36. The number of nitrogens with zero attached hydrogens (tertiary/aromatic N) is 2. The van der Waals surface area contributed by atoms with Crippen molar-refractivity contribution >= 4 is 16.7 Å². The van der Waals surface area contributed by atoms with Crippen LogP contribution in [-0.2, 0) is 6.61 Å². The third kappa shape index (κ3) is 4.69. The van der Waals surface area contributed by atoms with Crippen molar-refractivity contribution in [1.82, 2.24) is 9.97 Å². The molecule has 168 valence electrons.